The highest BCUT2D eigenvalue weighted by Crippen LogP contribution is 2.46. The second-order valence-corrected chi connectivity index (χ2v) is 5.63. The van der Waals surface area contributed by atoms with Crippen LogP contribution in [0.1, 0.15) is 51.9 Å². The number of hydrogen-bond donors (Lipinski definition) is 0. The van der Waals surface area contributed by atoms with Crippen molar-refractivity contribution in [2.75, 3.05) is 0 Å². The van der Waals surface area contributed by atoms with E-state index < -0.39 is 0 Å². The molecule has 1 fully saturated rings. The van der Waals surface area contributed by atoms with Crippen LogP contribution in [0.3, 0.4) is 0 Å². The van der Waals surface area contributed by atoms with Gasteiger partial charge in [0.2, 0.25) is 0 Å². The third-order valence-corrected chi connectivity index (χ3v) is 4.46. The zero-order valence-electron chi connectivity index (χ0n) is 10.9. The number of hydrogen-bond acceptors (Lipinski definition) is 1. The smallest absolute Gasteiger partial charge is 0.130 e. The molecule has 2 rings (SSSR count). The van der Waals surface area contributed by atoms with E-state index in [9.17, 15) is 4.79 Å². The van der Waals surface area contributed by atoms with E-state index in [1.165, 1.54) is 44.9 Å². The summed E-state index contributed by atoms with van der Waals surface area (Å²) >= 11 is 0. The van der Waals surface area contributed by atoms with E-state index in [1.54, 1.807) is 0 Å². The molecule has 0 heterocycles. The highest BCUT2D eigenvalue weighted by atomic mass is 16.1. The lowest BCUT2D eigenvalue weighted by molar-refractivity contribution is -0.109. The molecule has 0 spiro atoms. The molecular formula is C16H24O. The first-order valence-electron chi connectivity index (χ1n) is 7.15. The van der Waals surface area contributed by atoms with Crippen LogP contribution in [-0.2, 0) is 4.79 Å². The van der Waals surface area contributed by atoms with E-state index in [2.05, 4.69) is 31.2 Å². The molecule has 0 aliphatic heterocycles. The van der Waals surface area contributed by atoms with Crippen LogP contribution in [0.4, 0.5) is 0 Å². The summed E-state index contributed by atoms with van der Waals surface area (Å²) in [6.45, 7) is 2.26. The Kier molecular flexibility index (Phi) is 4.20. The molecule has 0 radical (unpaired) electrons. The lowest BCUT2D eigenvalue weighted by Gasteiger charge is -2.40. The SMILES string of the molecule is CCCC1(C2CCCCC2)C=CC(C=O)C=C1. The fourth-order valence-corrected chi connectivity index (χ4v) is 3.51. The van der Waals surface area contributed by atoms with Crippen LogP contribution in [-0.4, -0.2) is 6.29 Å². The van der Waals surface area contributed by atoms with Gasteiger partial charge in [-0.3, -0.25) is 0 Å². The number of aldehydes is 1. The molecule has 0 bridgehead atoms. The van der Waals surface area contributed by atoms with Crippen molar-refractivity contribution in [2.45, 2.75) is 51.9 Å². The van der Waals surface area contributed by atoms with Crippen molar-refractivity contribution in [3.63, 3.8) is 0 Å². The van der Waals surface area contributed by atoms with Gasteiger partial charge in [0.15, 0.2) is 0 Å². The van der Waals surface area contributed by atoms with E-state index in [-0.39, 0.29) is 11.3 Å². The summed E-state index contributed by atoms with van der Waals surface area (Å²) in [6, 6.07) is 0. The molecular weight excluding hydrogens is 208 g/mol. The van der Waals surface area contributed by atoms with Gasteiger partial charge in [0.1, 0.15) is 6.29 Å². The second kappa shape index (κ2) is 5.66. The number of carbonyl (C=O) groups is 1. The van der Waals surface area contributed by atoms with Gasteiger partial charge in [-0.25, -0.2) is 0 Å². The normalized spacial score (nSPS) is 33.8. The van der Waals surface area contributed by atoms with E-state index in [1.807, 2.05) is 0 Å². The van der Waals surface area contributed by atoms with Gasteiger partial charge < -0.3 is 4.79 Å². The predicted molar refractivity (Wildman–Crippen MR) is 71.8 cm³/mol. The largest absolute Gasteiger partial charge is 0.302 e. The van der Waals surface area contributed by atoms with E-state index in [0.717, 1.165) is 12.2 Å². The molecule has 0 aromatic rings. The van der Waals surface area contributed by atoms with Crippen LogP contribution in [0.5, 0.6) is 0 Å². The van der Waals surface area contributed by atoms with Crippen LogP contribution < -0.4 is 0 Å². The molecule has 2 aliphatic rings. The first-order chi connectivity index (χ1) is 8.30. The molecule has 17 heavy (non-hydrogen) atoms. The molecule has 1 heteroatoms. The second-order valence-electron chi connectivity index (χ2n) is 5.63. The number of allylic oxidation sites excluding steroid dienone is 4. The van der Waals surface area contributed by atoms with Crippen molar-refractivity contribution >= 4 is 6.29 Å². The standard InChI is InChI=1S/C16H24O/c1-2-10-16(15-6-4-3-5-7-15)11-8-14(13-17)9-12-16/h8-9,11-15H,2-7,10H2,1H3. The van der Waals surface area contributed by atoms with E-state index >= 15 is 0 Å². The van der Waals surface area contributed by atoms with E-state index in [0.29, 0.717) is 0 Å². The highest BCUT2D eigenvalue weighted by molar-refractivity contribution is 5.60. The number of carbonyl (C=O) groups excluding carboxylic acids is 1. The topological polar surface area (TPSA) is 17.1 Å². The van der Waals surface area contributed by atoms with Gasteiger partial charge in [-0.1, -0.05) is 56.9 Å². The van der Waals surface area contributed by atoms with Gasteiger partial charge in [0.05, 0.1) is 5.92 Å². The molecule has 0 unspecified atom stereocenters. The lowest BCUT2D eigenvalue weighted by Crippen LogP contribution is -2.30. The molecule has 0 aromatic carbocycles. The molecule has 2 aliphatic carbocycles. The maximum absolute atomic E-state index is 10.8. The first kappa shape index (κ1) is 12.6. The fraction of sp³-hybridized carbons (Fsp3) is 0.688. The Labute approximate surface area is 105 Å². The zero-order valence-corrected chi connectivity index (χ0v) is 10.9. The molecule has 0 saturated heterocycles. The zero-order chi connectivity index (χ0) is 12.1. The van der Waals surface area contributed by atoms with Crippen LogP contribution in [0.2, 0.25) is 0 Å². The summed E-state index contributed by atoms with van der Waals surface area (Å²) in [5.41, 5.74) is 0.259. The van der Waals surface area contributed by atoms with Crippen LogP contribution in [0, 0.1) is 17.3 Å². The Morgan fingerprint density at radius 2 is 1.82 bits per heavy atom. The predicted octanol–water partition coefficient (Wildman–Crippen LogP) is 4.29. The Morgan fingerprint density at radius 3 is 2.35 bits per heavy atom. The summed E-state index contributed by atoms with van der Waals surface area (Å²) < 4.78 is 0. The quantitative estimate of drug-likeness (QED) is 0.522. The maximum Gasteiger partial charge on any atom is 0.130 e. The maximum atomic E-state index is 10.8. The minimum atomic E-state index is 0.0172. The summed E-state index contributed by atoms with van der Waals surface area (Å²) in [6.07, 6.45) is 19.3. The average molecular weight is 232 g/mol. The average Bonchev–Trinajstić information content (AvgIpc) is 2.41. The monoisotopic (exact) mass is 232 g/mol. The Hall–Kier alpha value is -0.850. The summed E-state index contributed by atoms with van der Waals surface area (Å²) in [5, 5.41) is 0. The third-order valence-electron chi connectivity index (χ3n) is 4.46. The Bertz CT molecular complexity index is 293. The molecule has 0 aromatic heterocycles. The van der Waals surface area contributed by atoms with Gasteiger partial charge in [-0.15, -0.1) is 0 Å². The van der Waals surface area contributed by atoms with Gasteiger partial charge in [-0.05, 0) is 25.2 Å². The van der Waals surface area contributed by atoms with Gasteiger partial charge in [-0.2, -0.15) is 0 Å². The molecule has 0 amide bonds. The van der Waals surface area contributed by atoms with Crippen LogP contribution in [0.15, 0.2) is 24.3 Å². The van der Waals surface area contributed by atoms with Crippen molar-refractivity contribution in [1.29, 1.82) is 0 Å². The summed E-state index contributed by atoms with van der Waals surface area (Å²) in [7, 11) is 0. The Morgan fingerprint density at radius 1 is 1.18 bits per heavy atom. The van der Waals surface area contributed by atoms with Crippen molar-refractivity contribution in [2.24, 2.45) is 17.3 Å². The number of rotatable bonds is 4. The molecule has 94 valence electrons. The third kappa shape index (κ3) is 2.70. The fourth-order valence-electron chi connectivity index (χ4n) is 3.51. The van der Waals surface area contributed by atoms with Crippen molar-refractivity contribution < 1.29 is 4.79 Å². The van der Waals surface area contributed by atoms with Gasteiger partial charge in [0, 0.05) is 5.41 Å². The first-order valence-corrected chi connectivity index (χ1v) is 7.15. The van der Waals surface area contributed by atoms with Crippen molar-refractivity contribution in [1.82, 2.24) is 0 Å². The Balaban J connectivity index is 2.15. The van der Waals surface area contributed by atoms with Crippen molar-refractivity contribution in [3.05, 3.63) is 24.3 Å². The van der Waals surface area contributed by atoms with E-state index in [4.69, 9.17) is 0 Å². The molecule has 0 N–H and O–H groups in total. The minimum Gasteiger partial charge on any atom is -0.302 e. The summed E-state index contributed by atoms with van der Waals surface area (Å²) in [4.78, 5) is 10.8. The summed E-state index contributed by atoms with van der Waals surface area (Å²) in [5.74, 6) is 0.819. The van der Waals surface area contributed by atoms with Crippen LogP contribution >= 0.6 is 0 Å². The van der Waals surface area contributed by atoms with Crippen molar-refractivity contribution in [3.8, 4) is 0 Å². The van der Waals surface area contributed by atoms with Crippen LogP contribution in [0.25, 0.3) is 0 Å². The van der Waals surface area contributed by atoms with Gasteiger partial charge >= 0.3 is 0 Å². The molecule has 0 atom stereocenters. The lowest BCUT2D eigenvalue weighted by atomic mass is 9.64. The minimum absolute atomic E-state index is 0.0172. The van der Waals surface area contributed by atoms with Gasteiger partial charge in [0.25, 0.3) is 0 Å². The molecule has 1 saturated carbocycles. The highest BCUT2D eigenvalue weighted by Gasteiger charge is 2.35. The molecule has 1 nitrogen and oxygen atoms in total.